The van der Waals surface area contributed by atoms with E-state index in [1.165, 1.54) is 83.6 Å². The van der Waals surface area contributed by atoms with Crippen LogP contribution in [0.5, 0.6) is 0 Å². The zero-order valence-corrected chi connectivity index (χ0v) is 14.9. The number of hydrogen-bond donors (Lipinski definition) is 1. The van der Waals surface area contributed by atoms with E-state index in [1.54, 1.807) is 4.90 Å². The van der Waals surface area contributed by atoms with Crippen LogP contribution in [0.3, 0.4) is 0 Å². The number of allylic oxidation sites excluding steroid dienone is 1. The first-order chi connectivity index (χ1) is 8.77. The average molecular weight is 334 g/mol. The van der Waals surface area contributed by atoms with E-state index < -0.39 is 0 Å². The largest absolute Gasteiger partial charge is 1.00 e. The molecule has 0 radical (unpaired) electrons. The molecule has 0 aliphatic heterocycles. The van der Waals surface area contributed by atoms with Crippen molar-refractivity contribution in [3.8, 4) is 0 Å². The van der Waals surface area contributed by atoms with Crippen LogP contribution in [0, 0.1) is 0 Å². The molecule has 1 nitrogen and oxygen atoms in total. The minimum atomic E-state index is 0. The molecule has 0 aliphatic rings. The van der Waals surface area contributed by atoms with Gasteiger partial charge in [-0.2, -0.15) is 0 Å². The fourth-order valence-electron chi connectivity index (χ4n) is 2.36. The molecule has 0 heterocycles. The molecular formula is C17H36BrN. The highest BCUT2D eigenvalue weighted by atomic mass is 79.9. The van der Waals surface area contributed by atoms with Crippen molar-refractivity contribution in [3.05, 3.63) is 12.7 Å². The van der Waals surface area contributed by atoms with Gasteiger partial charge in [0.15, 0.2) is 0 Å². The van der Waals surface area contributed by atoms with Crippen molar-refractivity contribution >= 4 is 0 Å². The second kappa shape index (κ2) is 18.2. The van der Waals surface area contributed by atoms with E-state index >= 15 is 0 Å². The Morgan fingerprint density at radius 2 is 1.05 bits per heavy atom. The summed E-state index contributed by atoms with van der Waals surface area (Å²) in [6.45, 7) is 5.10. The van der Waals surface area contributed by atoms with Crippen molar-refractivity contribution in [1.82, 2.24) is 0 Å². The minimum absolute atomic E-state index is 0. The predicted octanol–water partition coefficient (Wildman–Crippen LogP) is 1.00. The Labute approximate surface area is 132 Å². The van der Waals surface area contributed by atoms with Crippen molar-refractivity contribution in [1.29, 1.82) is 0 Å². The van der Waals surface area contributed by atoms with Gasteiger partial charge < -0.3 is 21.9 Å². The molecule has 0 saturated carbocycles. The number of rotatable bonds is 14. The van der Waals surface area contributed by atoms with Crippen LogP contribution in [0.4, 0.5) is 0 Å². The molecule has 0 saturated heterocycles. The Balaban J connectivity index is 0. The van der Waals surface area contributed by atoms with Gasteiger partial charge in [-0.25, -0.2) is 0 Å². The molecule has 0 aliphatic carbocycles. The molecule has 116 valence electrons. The first-order valence-corrected chi connectivity index (χ1v) is 8.17. The molecule has 0 fully saturated rings. The lowest BCUT2D eigenvalue weighted by atomic mass is 10.1. The molecule has 0 atom stereocenters. The second-order valence-electron chi connectivity index (χ2n) is 5.92. The highest BCUT2D eigenvalue weighted by molar-refractivity contribution is 4.65. The number of unbranched alkanes of at least 4 members (excludes halogenated alkanes) is 11. The molecule has 1 N–H and O–H groups in total. The number of nitrogens with one attached hydrogen (secondary N) is 1. The van der Waals surface area contributed by atoms with Crippen LogP contribution in [-0.4, -0.2) is 20.6 Å². The van der Waals surface area contributed by atoms with Crippen LogP contribution in [0.2, 0.25) is 0 Å². The van der Waals surface area contributed by atoms with E-state index in [1.807, 2.05) is 6.08 Å². The van der Waals surface area contributed by atoms with Crippen LogP contribution >= 0.6 is 0 Å². The summed E-state index contributed by atoms with van der Waals surface area (Å²) in [5.74, 6) is 0. The fraction of sp³-hybridized carbons (Fsp3) is 0.882. The van der Waals surface area contributed by atoms with Crippen molar-refractivity contribution in [2.45, 2.75) is 77.0 Å². The van der Waals surface area contributed by atoms with Crippen LogP contribution in [0.25, 0.3) is 0 Å². The quantitative estimate of drug-likeness (QED) is 0.357. The van der Waals surface area contributed by atoms with Crippen molar-refractivity contribution in [3.63, 3.8) is 0 Å². The van der Waals surface area contributed by atoms with Crippen LogP contribution in [-0.2, 0) is 0 Å². The maximum atomic E-state index is 3.76. The number of quaternary nitrogens is 1. The lowest BCUT2D eigenvalue weighted by Crippen LogP contribution is -3.05. The summed E-state index contributed by atoms with van der Waals surface area (Å²) in [7, 11) is 4.49. The number of halogens is 1. The summed E-state index contributed by atoms with van der Waals surface area (Å²) in [5, 5.41) is 0. The summed E-state index contributed by atoms with van der Waals surface area (Å²) < 4.78 is 0. The van der Waals surface area contributed by atoms with Crippen molar-refractivity contribution in [2.24, 2.45) is 0 Å². The molecule has 0 aromatic carbocycles. The summed E-state index contributed by atoms with van der Waals surface area (Å²) in [4.78, 5) is 1.59. The molecule has 0 spiro atoms. The van der Waals surface area contributed by atoms with E-state index in [9.17, 15) is 0 Å². The molecule has 0 bridgehead atoms. The molecule has 0 amide bonds. The SMILES string of the molecule is C=CCCCCCCCCCCCCC[NH+](C)C.[Br-]. The van der Waals surface area contributed by atoms with E-state index in [4.69, 9.17) is 0 Å². The van der Waals surface area contributed by atoms with Gasteiger partial charge in [-0.05, 0) is 25.7 Å². The topological polar surface area (TPSA) is 4.44 Å². The Kier molecular flexibility index (Phi) is 20.6. The van der Waals surface area contributed by atoms with Crippen molar-refractivity contribution < 1.29 is 21.9 Å². The monoisotopic (exact) mass is 333 g/mol. The lowest BCUT2D eigenvalue weighted by molar-refractivity contribution is -0.858. The summed E-state index contributed by atoms with van der Waals surface area (Å²) in [5.41, 5.74) is 0. The number of hydrogen-bond acceptors (Lipinski definition) is 0. The molecule has 0 rings (SSSR count). The standard InChI is InChI=1S/C17H35N.BrH/c1-4-5-6-7-8-9-10-11-12-13-14-15-16-17-18(2)3;/h4H,1,5-17H2,2-3H3;1H. The Morgan fingerprint density at radius 1 is 0.684 bits per heavy atom. The maximum absolute atomic E-state index is 3.76. The average Bonchev–Trinajstić information content (AvgIpc) is 2.34. The fourth-order valence-corrected chi connectivity index (χ4v) is 2.36. The Hall–Kier alpha value is 0.180. The summed E-state index contributed by atoms with van der Waals surface area (Å²) in [6, 6.07) is 0. The van der Waals surface area contributed by atoms with Gasteiger partial charge in [0, 0.05) is 0 Å². The third-order valence-electron chi connectivity index (χ3n) is 3.59. The zero-order valence-electron chi connectivity index (χ0n) is 13.4. The van der Waals surface area contributed by atoms with Gasteiger partial charge in [-0.15, -0.1) is 6.58 Å². The van der Waals surface area contributed by atoms with E-state index in [0.29, 0.717) is 0 Å². The van der Waals surface area contributed by atoms with Gasteiger partial charge in [0.1, 0.15) is 0 Å². The van der Waals surface area contributed by atoms with E-state index in [-0.39, 0.29) is 17.0 Å². The molecule has 19 heavy (non-hydrogen) atoms. The van der Waals surface area contributed by atoms with Crippen molar-refractivity contribution in [2.75, 3.05) is 20.6 Å². The second-order valence-corrected chi connectivity index (χ2v) is 5.92. The maximum Gasteiger partial charge on any atom is 0.0766 e. The van der Waals surface area contributed by atoms with Gasteiger partial charge in [-0.3, -0.25) is 0 Å². The highest BCUT2D eigenvalue weighted by Crippen LogP contribution is 2.11. The van der Waals surface area contributed by atoms with Gasteiger partial charge >= 0.3 is 0 Å². The van der Waals surface area contributed by atoms with E-state index in [0.717, 1.165) is 0 Å². The smallest absolute Gasteiger partial charge is 0.0766 e. The molecule has 0 aromatic heterocycles. The highest BCUT2D eigenvalue weighted by Gasteiger charge is 1.95. The minimum Gasteiger partial charge on any atom is -1.00 e. The third kappa shape index (κ3) is 20.7. The first-order valence-electron chi connectivity index (χ1n) is 8.17. The Morgan fingerprint density at radius 3 is 1.42 bits per heavy atom. The predicted molar refractivity (Wildman–Crippen MR) is 83.3 cm³/mol. The lowest BCUT2D eigenvalue weighted by Gasteiger charge is -2.06. The normalized spacial score (nSPS) is 10.5. The molecular weight excluding hydrogens is 298 g/mol. The molecule has 0 unspecified atom stereocenters. The zero-order chi connectivity index (χ0) is 13.5. The van der Waals surface area contributed by atoms with E-state index in [2.05, 4.69) is 20.7 Å². The molecule has 2 heteroatoms. The van der Waals surface area contributed by atoms with Gasteiger partial charge in [0.25, 0.3) is 0 Å². The third-order valence-corrected chi connectivity index (χ3v) is 3.59. The van der Waals surface area contributed by atoms with Crippen LogP contribution < -0.4 is 21.9 Å². The van der Waals surface area contributed by atoms with Crippen LogP contribution in [0.15, 0.2) is 12.7 Å². The van der Waals surface area contributed by atoms with Gasteiger partial charge in [-0.1, -0.05) is 57.4 Å². The summed E-state index contributed by atoms with van der Waals surface area (Å²) >= 11 is 0. The van der Waals surface area contributed by atoms with Gasteiger partial charge in [0.05, 0.1) is 20.6 Å². The van der Waals surface area contributed by atoms with Crippen LogP contribution in [0.1, 0.15) is 77.0 Å². The Bertz CT molecular complexity index is 169. The van der Waals surface area contributed by atoms with Gasteiger partial charge in [0.2, 0.25) is 0 Å². The molecule has 0 aromatic rings. The first kappa shape index (κ1) is 21.5. The summed E-state index contributed by atoms with van der Waals surface area (Å²) in [6.07, 6.45) is 19.0.